The number of nitrogens with zero attached hydrogens (tertiary/aromatic N) is 2. The van der Waals surface area contributed by atoms with Crippen LogP contribution >= 0.6 is 11.6 Å². The first-order valence-corrected chi connectivity index (χ1v) is 9.00. The maximum absolute atomic E-state index is 13.0. The van der Waals surface area contributed by atoms with Gasteiger partial charge in [-0.3, -0.25) is 19.9 Å². The maximum Gasteiger partial charge on any atom is 0.335 e. The number of nitrogens with one attached hydrogen (secondary N) is 1. The van der Waals surface area contributed by atoms with Crippen LogP contribution in [0, 0.1) is 11.7 Å². The standard InChI is InChI=1S/C20H17ClFN3O3/c1-2-16(23-11-12-3-7-14(22)8-4-12)17-18(26)24-20(28)25(19(17)27)15-9-5-13(21)6-10-15/h3-10,17H,2,11H2,1H3,(H,24,26,28). The van der Waals surface area contributed by atoms with Crippen LogP contribution in [0.4, 0.5) is 14.9 Å². The highest BCUT2D eigenvalue weighted by Crippen LogP contribution is 2.24. The van der Waals surface area contributed by atoms with Crippen LogP contribution in [0.2, 0.25) is 5.02 Å². The molecule has 3 rings (SSSR count). The van der Waals surface area contributed by atoms with Crippen LogP contribution in [0.15, 0.2) is 53.5 Å². The summed E-state index contributed by atoms with van der Waals surface area (Å²) in [4.78, 5) is 42.9. The maximum atomic E-state index is 13.0. The molecule has 0 spiro atoms. The molecule has 4 amide bonds. The van der Waals surface area contributed by atoms with Crippen molar-refractivity contribution in [3.05, 3.63) is 64.9 Å². The topological polar surface area (TPSA) is 78.8 Å². The number of hydrogen-bond donors (Lipinski definition) is 1. The molecule has 0 aromatic heterocycles. The molecule has 1 atom stereocenters. The second-order valence-corrected chi connectivity index (χ2v) is 6.60. The van der Waals surface area contributed by atoms with E-state index < -0.39 is 23.8 Å². The van der Waals surface area contributed by atoms with Gasteiger partial charge in [0.05, 0.1) is 12.2 Å². The molecule has 0 bridgehead atoms. The summed E-state index contributed by atoms with van der Waals surface area (Å²) in [6.07, 6.45) is 0.341. The number of halogens is 2. The lowest BCUT2D eigenvalue weighted by Crippen LogP contribution is -2.60. The summed E-state index contributed by atoms with van der Waals surface area (Å²) in [5.41, 5.74) is 1.39. The normalized spacial score (nSPS) is 17.7. The summed E-state index contributed by atoms with van der Waals surface area (Å²) in [5.74, 6) is -2.95. The number of aliphatic imine (C=N–C) groups is 1. The highest BCUT2D eigenvalue weighted by molar-refractivity contribution is 6.35. The number of urea groups is 1. The van der Waals surface area contributed by atoms with E-state index in [1.54, 1.807) is 31.2 Å². The molecule has 28 heavy (non-hydrogen) atoms. The fraction of sp³-hybridized carbons (Fsp3) is 0.200. The Bertz CT molecular complexity index is 942. The first-order chi connectivity index (χ1) is 13.4. The number of imide groups is 2. The van der Waals surface area contributed by atoms with E-state index in [4.69, 9.17) is 11.6 Å². The second-order valence-electron chi connectivity index (χ2n) is 6.17. The molecule has 1 aliphatic heterocycles. The van der Waals surface area contributed by atoms with E-state index >= 15 is 0 Å². The predicted molar refractivity (Wildman–Crippen MR) is 104 cm³/mol. The first kappa shape index (κ1) is 19.7. The summed E-state index contributed by atoms with van der Waals surface area (Å²) < 4.78 is 13.0. The van der Waals surface area contributed by atoms with Crippen LogP contribution in [-0.4, -0.2) is 23.6 Å². The first-order valence-electron chi connectivity index (χ1n) is 8.62. The predicted octanol–water partition coefficient (Wildman–Crippen LogP) is 3.73. The Morgan fingerprint density at radius 2 is 1.75 bits per heavy atom. The lowest BCUT2D eigenvalue weighted by Gasteiger charge is -2.30. The average molecular weight is 402 g/mol. The summed E-state index contributed by atoms with van der Waals surface area (Å²) >= 11 is 5.86. The van der Waals surface area contributed by atoms with Gasteiger partial charge in [-0.05, 0) is 48.4 Å². The Labute approximate surface area is 166 Å². The van der Waals surface area contributed by atoms with E-state index in [9.17, 15) is 18.8 Å². The smallest absolute Gasteiger partial charge is 0.288 e. The molecule has 0 aliphatic carbocycles. The fourth-order valence-corrected chi connectivity index (χ4v) is 3.02. The summed E-state index contributed by atoms with van der Waals surface area (Å²) in [6.45, 7) is 1.96. The zero-order chi connectivity index (χ0) is 20.3. The van der Waals surface area contributed by atoms with Crippen LogP contribution in [0.3, 0.4) is 0 Å². The number of rotatable bonds is 5. The Balaban J connectivity index is 1.88. The van der Waals surface area contributed by atoms with E-state index in [1.807, 2.05) is 0 Å². The van der Waals surface area contributed by atoms with E-state index in [-0.39, 0.29) is 12.4 Å². The van der Waals surface area contributed by atoms with Gasteiger partial charge in [-0.25, -0.2) is 14.1 Å². The number of barbiturate groups is 1. The van der Waals surface area contributed by atoms with Crippen molar-refractivity contribution in [3.8, 4) is 0 Å². The summed E-state index contributed by atoms with van der Waals surface area (Å²) in [5, 5.41) is 2.66. The Morgan fingerprint density at radius 1 is 1.11 bits per heavy atom. The minimum Gasteiger partial charge on any atom is -0.288 e. The third kappa shape index (κ3) is 4.09. The lowest BCUT2D eigenvalue weighted by molar-refractivity contribution is -0.131. The van der Waals surface area contributed by atoms with Gasteiger partial charge in [-0.15, -0.1) is 0 Å². The number of carbonyl (C=O) groups excluding carboxylic acids is 3. The average Bonchev–Trinajstić information content (AvgIpc) is 2.67. The van der Waals surface area contributed by atoms with Crippen molar-refractivity contribution in [3.63, 3.8) is 0 Å². The third-order valence-electron chi connectivity index (χ3n) is 4.32. The van der Waals surface area contributed by atoms with Crippen molar-refractivity contribution < 1.29 is 18.8 Å². The molecule has 2 aromatic rings. The van der Waals surface area contributed by atoms with Gasteiger partial charge in [-0.1, -0.05) is 30.7 Å². The van der Waals surface area contributed by atoms with E-state index in [0.717, 1.165) is 10.5 Å². The van der Waals surface area contributed by atoms with Crippen LogP contribution in [0.5, 0.6) is 0 Å². The van der Waals surface area contributed by atoms with Crippen LogP contribution < -0.4 is 10.2 Å². The Kier molecular flexibility index (Phi) is 5.84. The third-order valence-corrected chi connectivity index (χ3v) is 4.57. The molecule has 1 N–H and O–H groups in total. The zero-order valence-corrected chi connectivity index (χ0v) is 15.7. The number of hydrogen-bond acceptors (Lipinski definition) is 4. The van der Waals surface area contributed by atoms with Crippen LogP contribution in [-0.2, 0) is 16.1 Å². The molecule has 1 unspecified atom stereocenters. The number of anilines is 1. The van der Waals surface area contributed by atoms with Gasteiger partial charge >= 0.3 is 6.03 Å². The highest BCUT2D eigenvalue weighted by Gasteiger charge is 2.43. The van der Waals surface area contributed by atoms with Crippen molar-refractivity contribution in [2.75, 3.05) is 4.90 Å². The van der Waals surface area contributed by atoms with Crippen LogP contribution in [0.25, 0.3) is 0 Å². The van der Waals surface area contributed by atoms with Crippen molar-refractivity contribution in [2.24, 2.45) is 10.9 Å². The highest BCUT2D eigenvalue weighted by atomic mass is 35.5. The summed E-state index contributed by atoms with van der Waals surface area (Å²) in [7, 11) is 0. The number of amides is 4. The monoisotopic (exact) mass is 401 g/mol. The van der Waals surface area contributed by atoms with E-state index in [2.05, 4.69) is 10.3 Å². The molecule has 1 heterocycles. The molecule has 2 aromatic carbocycles. The second kappa shape index (κ2) is 8.31. The molecule has 144 valence electrons. The fourth-order valence-electron chi connectivity index (χ4n) is 2.89. The molecule has 6 nitrogen and oxygen atoms in total. The van der Waals surface area contributed by atoms with Crippen molar-refractivity contribution in [1.29, 1.82) is 0 Å². The quantitative estimate of drug-likeness (QED) is 0.612. The van der Waals surface area contributed by atoms with Gasteiger partial charge in [0.2, 0.25) is 5.91 Å². The minimum absolute atomic E-state index is 0.190. The van der Waals surface area contributed by atoms with Gasteiger partial charge in [0.15, 0.2) is 5.92 Å². The molecule has 0 radical (unpaired) electrons. The van der Waals surface area contributed by atoms with Gasteiger partial charge in [-0.2, -0.15) is 0 Å². The van der Waals surface area contributed by atoms with Crippen LogP contribution in [0.1, 0.15) is 18.9 Å². The SMILES string of the molecule is CCC(=NCc1ccc(F)cc1)C1C(=O)NC(=O)N(c2ccc(Cl)cc2)C1=O. The minimum atomic E-state index is -1.21. The Hall–Kier alpha value is -3.06. The molecular weight excluding hydrogens is 385 g/mol. The van der Waals surface area contributed by atoms with Crippen molar-refractivity contribution >= 4 is 40.8 Å². The molecular formula is C20H17ClFN3O3. The summed E-state index contributed by atoms with van der Waals surface area (Å²) in [6, 6.07) is 11.1. The van der Waals surface area contributed by atoms with Gasteiger partial charge in [0, 0.05) is 10.7 Å². The largest absolute Gasteiger partial charge is 0.335 e. The number of benzene rings is 2. The molecule has 8 heteroatoms. The number of carbonyl (C=O) groups is 3. The molecule has 1 aliphatic rings. The lowest BCUT2D eigenvalue weighted by atomic mass is 9.96. The Morgan fingerprint density at radius 3 is 2.36 bits per heavy atom. The molecule has 1 saturated heterocycles. The molecule has 0 saturated carbocycles. The van der Waals surface area contributed by atoms with E-state index in [1.165, 1.54) is 24.3 Å². The van der Waals surface area contributed by atoms with Gasteiger partial charge < -0.3 is 0 Å². The van der Waals surface area contributed by atoms with E-state index in [0.29, 0.717) is 22.8 Å². The molecule has 1 fully saturated rings. The zero-order valence-electron chi connectivity index (χ0n) is 15.0. The van der Waals surface area contributed by atoms with Gasteiger partial charge in [0.1, 0.15) is 5.82 Å². The van der Waals surface area contributed by atoms with Crippen molar-refractivity contribution in [1.82, 2.24) is 5.32 Å². The van der Waals surface area contributed by atoms with Crippen molar-refractivity contribution in [2.45, 2.75) is 19.9 Å². The van der Waals surface area contributed by atoms with Gasteiger partial charge in [0.25, 0.3) is 5.91 Å².